The summed E-state index contributed by atoms with van der Waals surface area (Å²) in [5, 5.41) is 10.5. The van der Waals surface area contributed by atoms with Crippen molar-refractivity contribution in [1.82, 2.24) is 20.3 Å². The van der Waals surface area contributed by atoms with E-state index in [-0.39, 0.29) is 4.47 Å². The molecular formula is C11H10BrF3N4. The molecule has 0 aliphatic rings. The standard InChI is InChI=1S/C11H10BrF3N4/c1-16-5-7-6-19(18-17-7)8-2-3-10(12)9(4-8)11(13,14)15/h2-4,6,16H,5H2,1H3. The van der Waals surface area contributed by atoms with E-state index in [0.717, 1.165) is 6.07 Å². The first-order valence-electron chi connectivity index (χ1n) is 5.35. The van der Waals surface area contributed by atoms with Crippen LogP contribution in [0.3, 0.4) is 0 Å². The van der Waals surface area contributed by atoms with E-state index in [1.807, 2.05) is 0 Å². The number of nitrogens with zero attached hydrogens (tertiary/aromatic N) is 3. The van der Waals surface area contributed by atoms with E-state index in [2.05, 4.69) is 31.6 Å². The molecule has 1 aromatic heterocycles. The van der Waals surface area contributed by atoms with Crippen LogP contribution in [0.2, 0.25) is 0 Å². The summed E-state index contributed by atoms with van der Waals surface area (Å²) in [4.78, 5) is 0. The minimum Gasteiger partial charge on any atom is -0.314 e. The predicted molar refractivity (Wildman–Crippen MR) is 66.8 cm³/mol. The number of nitrogens with one attached hydrogen (secondary N) is 1. The van der Waals surface area contributed by atoms with Crippen LogP contribution in [0.5, 0.6) is 0 Å². The van der Waals surface area contributed by atoms with Gasteiger partial charge in [0, 0.05) is 11.0 Å². The molecule has 0 unspecified atom stereocenters. The molecule has 1 N–H and O–H groups in total. The molecule has 2 rings (SSSR count). The first-order chi connectivity index (χ1) is 8.91. The maximum absolute atomic E-state index is 12.8. The summed E-state index contributed by atoms with van der Waals surface area (Å²) in [6.07, 6.45) is -2.83. The normalized spacial score (nSPS) is 11.8. The lowest BCUT2D eigenvalue weighted by atomic mass is 10.2. The molecule has 0 spiro atoms. The predicted octanol–water partition coefficient (Wildman–Crippen LogP) is 2.77. The molecule has 0 saturated heterocycles. The molecule has 0 atom stereocenters. The Kier molecular flexibility index (Phi) is 3.91. The zero-order chi connectivity index (χ0) is 14.0. The fourth-order valence-electron chi connectivity index (χ4n) is 1.56. The van der Waals surface area contributed by atoms with Crippen molar-refractivity contribution in [3.63, 3.8) is 0 Å². The van der Waals surface area contributed by atoms with Gasteiger partial charge in [0.1, 0.15) is 0 Å². The number of halogens is 4. The van der Waals surface area contributed by atoms with Gasteiger partial charge in [0.2, 0.25) is 0 Å². The van der Waals surface area contributed by atoms with Crippen molar-refractivity contribution >= 4 is 15.9 Å². The Bertz CT molecular complexity index is 580. The third kappa shape index (κ3) is 3.13. The molecule has 0 radical (unpaired) electrons. The van der Waals surface area contributed by atoms with Gasteiger partial charge in [-0.2, -0.15) is 13.2 Å². The first kappa shape index (κ1) is 14.0. The van der Waals surface area contributed by atoms with Gasteiger partial charge in [-0.1, -0.05) is 21.1 Å². The second kappa shape index (κ2) is 5.30. The van der Waals surface area contributed by atoms with E-state index >= 15 is 0 Å². The molecule has 0 saturated carbocycles. The molecule has 2 aromatic rings. The smallest absolute Gasteiger partial charge is 0.314 e. The average molecular weight is 335 g/mol. The lowest BCUT2D eigenvalue weighted by molar-refractivity contribution is -0.138. The van der Waals surface area contributed by atoms with Crippen molar-refractivity contribution in [2.24, 2.45) is 0 Å². The lowest BCUT2D eigenvalue weighted by Gasteiger charge is -2.10. The van der Waals surface area contributed by atoms with Crippen LogP contribution in [0.15, 0.2) is 28.9 Å². The molecule has 102 valence electrons. The summed E-state index contributed by atoms with van der Waals surface area (Å²) in [6, 6.07) is 3.91. The zero-order valence-corrected chi connectivity index (χ0v) is 11.5. The highest BCUT2D eigenvalue weighted by atomic mass is 79.9. The monoisotopic (exact) mass is 334 g/mol. The van der Waals surface area contributed by atoms with Crippen LogP contribution in [-0.2, 0) is 12.7 Å². The van der Waals surface area contributed by atoms with E-state index in [1.54, 1.807) is 13.2 Å². The molecular weight excluding hydrogens is 325 g/mol. The van der Waals surface area contributed by atoms with Crippen LogP contribution in [0.4, 0.5) is 13.2 Å². The molecule has 0 amide bonds. The first-order valence-corrected chi connectivity index (χ1v) is 6.14. The molecule has 1 heterocycles. The summed E-state index contributed by atoms with van der Waals surface area (Å²) in [6.45, 7) is 0.503. The van der Waals surface area contributed by atoms with E-state index in [9.17, 15) is 13.2 Å². The third-order valence-corrected chi connectivity index (χ3v) is 3.11. The highest BCUT2D eigenvalue weighted by molar-refractivity contribution is 9.10. The van der Waals surface area contributed by atoms with Crippen molar-refractivity contribution in [2.75, 3.05) is 7.05 Å². The molecule has 4 nitrogen and oxygen atoms in total. The van der Waals surface area contributed by atoms with Gasteiger partial charge in [0.15, 0.2) is 0 Å². The van der Waals surface area contributed by atoms with E-state index in [0.29, 0.717) is 17.9 Å². The van der Waals surface area contributed by atoms with Crippen molar-refractivity contribution in [1.29, 1.82) is 0 Å². The largest absolute Gasteiger partial charge is 0.417 e. The number of hydrogen-bond acceptors (Lipinski definition) is 3. The Balaban J connectivity index is 2.39. The number of alkyl halides is 3. The minimum absolute atomic E-state index is 0.000636. The van der Waals surface area contributed by atoms with E-state index < -0.39 is 11.7 Å². The SMILES string of the molecule is CNCc1cn(-c2ccc(Br)c(C(F)(F)F)c2)nn1. The number of aromatic nitrogens is 3. The summed E-state index contributed by atoms with van der Waals surface area (Å²) in [7, 11) is 1.75. The Hall–Kier alpha value is -1.41. The number of hydrogen-bond donors (Lipinski definition) is 1. The Morgan fingerprint density at radius 3 is 2.74 bits per heavy atom. The van der Waals surface area contributed by atoms with Gasteiger partial charge in [0.05, 0.1) is 23.1 Å². The van der Waals surface area contributed by atoms with Crippen LogP contribution >= 0.6 is 15.9 Å². The van der Waals surface area contributed by atoms with Crippen LogP contribution < -0.4 is 5.32 Å². The van der Waals surface area contributed by atoms with Crippen LogP contribution in [0.25, 0.3) is 5.69 Å². The molecule has 19 heavy (non-hydrogen) atoms. The second-order valence-corrected chi connectivity index (χ2v) is 4.70. The van der Waals surface area contributed by atoms with Crippen molar-refractivity contribution in [3.05, 3.63) is 40.1 Å². The molecule has 0 fully saturated rings. The van der Waals surface area contributed by atoms with Gasteiger partial charge >= 0.3 is 6.18 Å². The molecule has 1 aromatic carbocycles. The van der Waals surface area contributed by atoms with Crippen LogP contribution in [0.1, 0.15) is 11.3 Å². The topological polar surface area (TPSA) is 42.7 Å². The van der Waals surface area contributed by atoms with Gasteiger partial charge in [-0.25, -0.2) is 4.68 Å². The maximum atomic E-state index is 12.8. The fraction of sp³-hybridized carbons (Fsp3) is 0.273. The average Bonchev–Trinajstić information content (AvgIpc) is 2.77. The van der Waals surface area contributed by atoms with E-state index in [1.165, 1.54) is 16.8 Å². The van der Waals surface area contributed by atoms with Gasteiger partial charge < -0.3 is 5.32 Å². The Morgan fingerprint density at radius 1 is 1.37 bits per heavy atom. The maximum Gasteiger partial charge on any atom is 0.417 e. The summed E-state index contributed by atoms with van der Waals surface area (Å²) < 4.78 is 39.7. The number of benzene rings is 1. The lowest BCUT2D eigenvalue weighted by Crippen LogP contribution is -2.07. The summed E-state index contributed by atoms with van der Waals surface area (Å²) >= 11 is 2.89. The summed E-state index contributed by atoms with van der Waals surface area (Å²) in [5.74, 6) is 0. The van der Waals surface area contributed by atoms with Gasteiger partial charge in [-0.3, -0.25) is 0 Å². The van der Waals surface area contributed by atoms with Crippen molar-refractivity contribution in [2.45, 2.75) is 12.7 Å². The molecule has 8 heteroatoms. The second-order valence-electron chi connectivity index (χ2n) is 3.85. The summed E-state index contributed by atoms with van der Waals surface area (Å²) in [5.41, 5.74) is 0.222. The van der Waals surface area contributed by atoms with Gasteiger partial charge in [0.25, 0.3) is 0 Å². The molecule has 0 bridgehead atoms. The van der Waals surface area contributed by atoms with Crippen molar-refractivity contribution in [3.8, 4) is 5.69 Å². The minimum atomic E-state index is -4.41. The van der Waals surface area contributed by atoms with Crippen LogP contribution in [0, 0.1) is 0 Å². The number of rotatable bonds is 3. The van der Waals surface area contributed by atoms with Crippen LogP contribution in [-0.4, -0.2) is 22.0 Å². The van der Waals surface area contributed by atoms with Gasteiger partial charge in [-0.05, 0) is 25.2 Å². The van der Waals surface area contributed by atoms with Crippen molar-refractivity contribution < 1.29 is 13.2 Å². The molecule has 0 aliphatic heterocycles. The van der Waals surface area contributed by atoms with Gasteiger partial charge in [-0.15, -0.1) is 5.10 Å². The Morgan fingerprint density at radius 2 is 2.11 bits per heavy atom. The fourth-order valence-corrected chi connectivity index (χ4v) is 2.03. The highest BCUT2D eigenvalue weighted by Crippen LogP contribution is 2.35. The molecule has 0 aliphatic carbocycles. The quantitative estimate of drug-likeness (QED) is 0.938. The third-order valence-electron chi connectivity index (χ3n) is 2.42. The Labute approximate surface area is 115 Å². The van der Waals surface area contributed by atoms with E-state index in [4.69, 9.17) is 0 Å². The highest BCUT2D eigenvalue weighted by Gasteiger charge is 2.33. The zero-order valence-electron chi connectivity index (χ0n) is 9.87.